The first-order valence-electron chi connectivity index (χ1n) is 10.5. The molecule has 5 rings (SSSR count). The van der Waals surface area contributed by atoms with Gasteiger partial charge in [0.1, 0.15) is 28.7 Å². The molecule has 1 saturated carbocycles. The minimum absolute atomic E-state index is 0.0250. The van der Waals surface area contributed by atoms with Crippen LogP contribution in [0, 0.1) is 19.8 Å². The van der Waals surface area contributed by atoms with Crippen LogP contribution in [0.5, 0.6) is 0 Å². The van der Waals surface area contributed by atoms with E-state index in [4.69, 9.17) is 4.42 Å². The fourth-order valence-corrected chi connectivity index (χ4v) is 4.52. The lowest BCUT2D eigenvalue weighted by atomic mass is 10.1. The second-order valence-corrected chi connectivity index (χ2v) is 10.3. The van der Waals surface area contributed by atoms with Crippen molar-refractivity contribution in [1.29, 1.82) is 0 Å². The third-order valence-corrected chi connectivity index (χ3v) is 6.58. The smallest absolute Gasteiger partial charge is 0.228 e. The summed E-state index contributed by atoms with van der Waals surface area (Å²) in [6, 6.07) is 10.4. The van der Waals surface area contributed by atoms with Crippen LogP contribution >= 0.6 is 0 Å². The largest absolute Gasteiger partial charge is 0.461 e. The van der Waals surface area contributed by atoms with E-state index in [0.29, 0.717) is 45.5 Å². The summed E-state index contributed by atoms with van der Waals surface area (Å²) in [5, 5.41) is 6.03. The number of nitrogens with one attached hydrogen (secondary N) is 3. The van der Waals surface area contributed by atoms with Crippen molar-refractivity contribution < 1.29 is 17.6 Å². The lowest BCUT2D eigenvalue weighted by Gasteiger charge is -2.14. The number of benzene rings is 1. The Morgan fingerprint density at radius 3 is 2.55 bits per heavy atom. The molecule has 0 bridgehead atoms. The Labute approximate surface area is 190 Å². The lowest BCUT2D eigenvalue weighted by Crippen LogP contribution is -2.14. The van der Waals surface area contributed by atoms with E-state index in [2.05, 4.69) is 25.6 Å². The number of fused-ring (bicyclic) bond motifs is 1. The molecule has 10 heteroatoms. The standard InChI is InChI=1S/C23H23N5O4S/c1-12-4-9-18(32-12)15-7-8-16(19(10-15)33(3,30)31)26-17-11-20(28-23(29)14-5-6-14)27-22-21(17)24-13(2)25-22/h4,7-11,14H,5-6H2,1-3H3,(H3,24,25,26,27,28,29). The van der Waals surface area contributed by atoms with Gasteiger partial charge in [-0.05, 0) is 57.0 Å². The number of furan rings is 1. The van der Waals surface area contributed by atoms with Crippen molar-refractivity contribution >= 4 is 44.1 Å². The molecular weight excluding hydrogens is 442 g/mol. The molecule has 0 atom stereocenters. The van der Waals surface area contributed by atoms with Gasteiger partial charge in [0.15, 0.2) is 15.5 Å². The minimum atomic E-state index is -3.58. The number of sulfone groups is 1. The number of hydrogen-bond acceptors (Lipinski definition) is 7. The normalized spacial score (nSPS) is 13.9. The zero-order valence-electron chi connectivity index (χ0n) is 18.4. The van der Waals surface area contributed by atoms with Crippen LogP contribution in [0.4, 0.5) is 17.2 Å². The molecule has 1 aliphatic carbocycles. The van der Waals surface area contributed by atoms with Crippen LogP contribution in [0.25, 0.3) is 22.5 Å². The Morgan fingerprint density at radius 1 is 1.09 bits per heavy atom. The number of aryl methyl sites for hydroxylation is 2. The number of aromatic amines is 1. The van der Waals surface area contributed by atoms with Crippen molar-refractivity contribution in [2.24, 2.45) is 5.92 Å². The highest BCUT2D eigenvalue weighted by atomic mass is 32.2. The summed E-state index contributed by atoms with van der Waals surface area (Å²) in [6.45, 7) is 3.63. The number of nitrogens with zero attached hydrogens (tertiary/aromatic N) is 2. The zero-order valence-corrected chi connectivity index (χ0v) is 19.2. The molecule has 0 spiro atoms. The van der Waals surface area contributed by atoms with E-state index >= 15 is 0 Å². The minimum Gasteiger partial charge on any atom is -0.461 e. The topological polar surface area (TPSA) is 130 Å². The van der Waals surface area contributed by atoms with Gasteiger partial charge in [-0.25, -0.2) is 18.4 Å². The van der Waals surface area contributed by atoms with Crippen LogP contribution < -0.4 is 10.6 Å². The van der Waals surface area contributed by atoms with E-state index in [0.717, 1.165) is 24.9 Å². The molecule has 1 aliphatic rings. The first kappa shape index (κ1) is 21.2. The van der Waals surface area contributed by atoms with Gasteiger partial charge in [-0.3, -0.25) is 4.79 Å². The molecule has 4 aromatic rings. The Hall–Kier alpha value is -3.66. The SMILES string of the molecule is Cc1nc2c(Nc3ccc(-c4ccc(C)o4)cc3S(C)(=O)=O)cc(NC(=O)C3CC3)nc2[nH]1. The molecule has 3 aromatic heterocycles. The van der Waals surface area contributed by atoms with Crippen molar-refractivity contribution in [3.05, 3.63) is 48.0 Å². The van der Waals surface area contributed by atoms with Crippen molar-refractivity contribution in [2.45, 2.75) is 31.6 Å². The van der Waals surface area contributed by atoms with E-state index in [9.17, 15) is 13.2 Å². The highest BCUT2D eigenvalue weighted by molar-refractivity contribution is 7.90. The molecule has 3 N–H and O–H groups in total. The van der Waals surface area contributed by atoms with Crippen LogP contribution in [0.1, 0.15) is 24.4 Å². The molecule has 1 fully saturated rings. The molecule has 33 heavy (non-hydrogen) atoms. The number of carbonyl (C=O) groups excluding carboxylic acids is 1. The maximum Gasteiger partial charge on any atom is 0.228 e. The molecule has 170 valence electrons. The summed E-state index contributed by atoms with van der Waals surface area (Å²) in [5.74, 6) is 2.30. The number of imidazole rings is 1. The number of carbonyl (C=O) groups is 1. The van der Waals surface area contributed by atoms with E-state index in [1.54, 1.807) is 37.3 Å². The molecule has 1 aromatic carbocycles. The fraction of sp³-hybridized carbons (Fsp3) is 0.261. The highest BCUT2D eigenvalue weighted by Crippen LogP contribution is 2.35. The van der Waals surface area contributed by atoms with Gasteiger partial charge in [-0.2, -0.15) is 0 Å². The van der Waals surface area contributed by atoms with Gasteiger partial charge in [0.05, 0.1) is 16.3 Å². The Balaban J connectivity index is 1.57. The predicted octanol–water partition coefficient (Wildman–Crippen LogP) is 4.33. The summed E-state index contributed by atoms with van der Waals surface area (Å²) in [6.07, 6.45) is 2.91. The zero-order chi connectivity index (χ0) is 23.3. The van der Waals surface area contributed by atoms with E-state index in [1.807, 2.05) is 13.0 Å². The number of pyridine rings is 1. The molecule has 9 nitrogen and oxygen atoms in total. The average Bonchev–Trinajstić information content (AvgIpc) is 3.40. The van der Waals surface area contributed by atoms with Crippen LogP contribution in [-0.2, 0) is 14.6 Å². The molecule has 1 amide bonds. The Bertz CT molecular complexity index is 1500. The molecule has 0 aliphatic heterocycles. The predicted molar refractivity (Wildman–Crippen MR) is 125 cm³/mol. The number of anilines is 3. The number of rotatable bonds is 6. The van der Waals surface area contributed by atoms with Crippen molar-refractivity contribution in [2.75, 3.05) is 16.9 Å². The third kappa shape index (κ3) is 4.34. The first-order valence-corrected chi connectivity index (χ1v) is 12.4. The van der Waals surface area contributed by atoms with Crippen LogP contribution in [-0.4, -0.2) is 35.5 Å². The second-order valence-electron chi connectivity index (χ2n) is 8.36. The third-order valence-electron chi connectivity index (χ3n) is 5.45. The molecule has 3 heterocycles. The van der Waals surface area contributed by atoms with Gasteiger partial charge in [0.25, 0.3) is 0 Å². The van der Waals surface area contributed by atoms with Crippen molar-refractivity contribution in [3.8, 4) is 11.3 Å². The summed E-state index contributed by atoms with van der Waals surface area (Å²) in [5.41, 5.74) is 2.61. The molecule has 0 radical (unpaired) electrons. The van der Waals surface area contributed by atoms with Gasteiger partial charge in [-0.1, -0.05) is 0 Å². The number of H-pyrrole nitrogens is 1. The van der Waals surface area contributed by atoms with Gasteiger partial charge in [0.2, 0.25) is 5.91 Å². The van der Waals surface area contributed by atoms with Gasteiger partial charge < -0.3 is 20.0 Å². The number of amides is 1. The van der Waals surface area contributed by atoms with Crippen molar-refractivity contribution in [3.63, 3.8) is 0 Å². The van der Waals surface area contributed by atoms with Gasteiger partial charge in [0, 0.05) is 23.8 Å². The van der Waals surface area contributed by atoms with E-state index < -0.39 is 9.84 Å². The summed E-state index contributed by atoms with van der Waals surface area (Å²) < 4.78 is 30.9. The molecule has 0 unspecified atom stereocenters. The Morgan fingerprint density at radius 2 is 1.88 bits per heavy atom. The van der Waals surface area contributed by atoms with Crippen molar-refractivity contribution in [1.82, 2.24) is 15.0 Å². The fourth-order valence-electron chi connectivity index (χ4n) is 3.66. The van der Waals surface area contributed by atoms with Crippen LogP contribution in [0.2, 0.25) is 0 Å². The monoisotopic (exact) mass is 465 g/mol. The number of aromatic nitrogens is 3. The molecule has 0 saturated heterocycles. The van der Waals surface area contributed by atoms with Crippen LogP contribution in [0.3, 0.4) is 0 Å². The quantitative estimate of drug-likeness (QED) is 0.386. The Kier molecular flexibility index (Phi) is 4.97. The maximum absolute atomic E-state index is 12.6. The van der Waals surface area contributed by atoms with E-state index in [-0.39, 0.29) is 16.7 Å². The molecular formula is C23H23N5O4S. The summed E-state index contributed by atoms with van der Waals surface area (Å²) >= 11 is 0. The summed E-state index contributed by atoms with van der Waals surface area (Å²) in [7, 11) is -3.58. The lowest BCUT2D eigenvalue weighted by molar-refractivity contribution is -0.117. The maximum atomic E-state index is 12.6. The van der Waals surface area contributed by atoms with Gasteiger partial charge in [-0.15, -0.1) is 0 Å². The highest BCUT2D eigenvalue weighted by Gasteiger charge is 2.30. The number of hydrogen-bond donors (Lipinski definition) is 3. The van der Waals surface area contributed by atoms with E-state index in [1.165, 1.54) is 0 Å². The average molecular weight is 466 g/mol. The summed E-state index contributed by atoms with van der Waals surface area (Å²) in [4.78, 5) is 24.4. The second kappa shape index (κ2) is 7.73. The first-order chi connectivity index (χ1) is 15.7. The van der Waals surface area contributed by atoms with Crippen LogP contribution in [0.15, 0.2) is 45.7 Å². The van der Waals surface area contributed by atoms with Gasteiger partial charge >= 0.3 is 0 Å².